The Morgan fingerprint density at radius 2 is 0.938 bits per heavy atom. The van der Waals surface area contributed by atoms with E-state index in [-0.39, 0.29) is 0 Å². The van der Waals surface area contributed by atoms with Crippen LogP contribution in [-0.4, -0.2) is 57.6 Å². The lowest BCUT2D eigenvalue weighted by Gasteiger charge is -2.22. The van der Waals surface area contributed by atoms with Gasteiger partial charge in [-0.15, -0.1) is 0 Å². The Bertz CT molecular complexity index is 843. The molecule has 0 aliphatic heterocycles. The van der Waals surface area contributed by atoms with E-state index in [0.717, 1.165) is 37.3 Å². The van der Waals surface area contributed by atoms with E-state index in [0.29, 0.717) is 21.6 Å². The van der Waals surface area contributed by atoms with Gasteiger partial charge >= 0.3 is 0 Å². The highest BCUT2D eigenvalue weighted by Gasteiger charge is 2.17. The van der Waals surface area contributed by atoms with E-state index >= 15 is 0 Å². The molecule has 2 aromatic rings. The maximum atomic E-state index is 5.54. The van der Waals surface area contributed by atoms with Crippen LogP contribution < -0.4 is 10.9 Å². The van der Waals surface area contributed by atoms with Crippen molar-refractivity contribution in [3.05, 3.63) is 71.8 Å². The summed E-state index contributed by atoms with van der Waals surface area (Å²) >= 11 is 11.1. The summed E-state index contributed by atoms with van der Waals surface area (Å²) in [6, 6.07) is 19.9. The van der Waals surface area contributed by atoms with Crippen molar-refractivity contribution in [2.45, 2.75) is 27.7 Å². The molecular weight excluding hydrogens is 436 g/mol. The van der Waals surface area contributed by atoms with Gasteiger partial charge in [0.2, 0.25) is 0 Å². The number of nitrogens with zero attached hydrogens (tertiary/aromatic N) is 4. The zero-order valence-electron chi connectivity index (χ0n) is 19.2. The molecule has 0 aliphatic carbocycles. The average molecular weight is 469 g/mol. The second-order valence-electron chi connectivity index (χ2n) is 6.83. The molecule has 0 fully saturated rings. The van der Waals surface area contributed by atoms with Crippen LogP contribution in [0.25, 0.3) is 0 Å². The molecule has 0 spiro atoms. The first-order chi connectivity index (χ1) is 15.5. The molecule has 0 atom stereocenters. The Morgan fingerprint density at radius 3 is 1.22 bits per heavy atom. The Hall–Kier alpha value is -2.84. The van der Waals surface area contributed by atoms with Crippen molar-refractivity contribution in [1.29, 1.82) is 0 Å². The van der Waals surface area contributed by atoms with Gasteiger partial charge in [0, 0.05) is 37.3 Å². The maximum Gasteiger partial charge on any atom is 0.189 e. The van der Waals surface area contributed by atoms with Crippen molar-refractivity contribution in [2.75, 3.05) is 26.2 Å². The number of thiocarbonyl (C=S) groups is 2. The van der Waals surface area contributed by atoms with Crippen molar-refractivity contribution in [3.8, 4) is 0 Å². The second-order valence-corrected chi connectivity index (χ2v) is 7.60. The number of hydrogen-bond acceptors (Lipinski definition) is 4. The molecule has 170 valence electrons. The lowest BCUT2D eigenvalue weighted by molar-refractivity contribution is 0.457. The third kappa shape index (κ3) is 7.10. The first-order valence-corrected chi connectivity index (χ1v) is 11.7. The molecular formula is C24H32N6S2. The molecule has 0 bridgehead atoms. The first kappa shape index (κ1) is 25.4. The van der Waals surface area contributed by atoms with Crippen molar-refractivity contribution < 1.29 is 0 Å². The van der Waals surface area contributed by atoms with Crippen LogP contribution in [0.4, 0.5) is 0 Å². The smallest absolute Gasteiger partial charge is 0.189 e. The van der Waals surface area contributed by atoms with E-state index in [1.807, 2.05) is 70.5 Å². The summed E-state index contributed by atoms with van der Waals surface area (Å²) in [5, 5.41) is 10.6. The SMILES string of the molecule is CCN(CC)C(=S)NN=C(C(=NNC(=S)N(CC)CC)c1ccccc1)c1ccccc1. The molecule has 2 aromatic carbocycles. The van der Waals surface area contributed by atoms with Gasteiger partial charge in [-0.1, -0.05) is 60.7 Å². The molecule has 0 aromatic heterocycles. The van der Waals surface area contributed by atoms with Crippen molar-refractivity contribution >= 4 is 46.1 Å². The van der Waals surface area contributed by atoms with Crippen LogP contribution in [0, 0.1) is 0 Å². The van der Waals surface area contributed by atoms with Gasteiger partial charge < -0.3 is 9.80 Å². The molecule has 0 aliphatic rings. The number of benzene rings is 2. The van der Waals surface area contributed by atoms with E-state index in [1.54, 1.807) is 0 Å². The minimum absolute atomic E-state index is 0.572. The van der Waals surface area contributed by atoms with Crippen LogP contribution in [0.1, 0.15) is 38.8 Å². The van der Waals surface area contributed by atoms with Crippen LogP contribution in [0.3, 0.4) is 0 Å². The summed E-state index contributed by atoms with van der Waals surface area (Å²) in [5.41, 5.74) is 9.29. The third-order valence-electron chi connectivity index (χ3n) is 4.95. The maximum absolute atomic E-state index is 5.54. The van der Waals surface area contributed by atoms with Crippen LogP contribution in [0.5, 0.6) is 0 Å². The van der Waals surface area contributed by atoms with Crippen molar-refractivity contribution in [2.24, 2.45) is 10.2 Å². The number of nitrogens with one attached hydrogen (secondary N) is 2. The van der Waals surface area contributed by atoms with Gasteiger partial charge in [0.05, 0.1) is 0 Å². The molecule has 0 saturated heterocycles. The quantitative estimate of drug-likeness (QED) is 0.326. The number of rotatable bonds is 9. The molecule has 8 heteroatoms. The highest BCUT2D eigenvalue weighted by atomic mass is 32.1. The number of hydrogen-bond donors (Lipinski definition) is 2. The predicted octanol–water partition coefficient (Wildman–Crippen LogP) is 4.23. The molecule has 0 amide bonds. The highest BCUT2D eigenvalue weighted by molar-refractivity contribution is 7.80. The average Bonchev–Trinajstić information content (AvgIpc) is 2.83. The van der Waals surface area contributed by atoms with Crippen LogP contribution in [0.15, 0.2) is 70.9 Å². The van der Waals surface area contributed by atoms with Gasteiger partial charge in [0.1, 0.15) is 11.4 Å². The summed E-state index contributed by atoms with van der Waals surface area (Å²) < 4.78 is 0. The van der Waals surface area contributed by atoms with Gasteiger partial charge in [0.25, 0.3) is 0 Å². The monoisotopic (exact) mass is 468 g/mol. The second kappa shape index (κ2) is 13.5. The third-order valence-corrected chi connectivity index (χ3v) is 5.65. The largest absolute Gasteiger partial charge is 0.348 e. The van der Waals surface area contributed by atoms with Crippen LogP contribution in [-0.2, 0) is 0 Å². The molecule has 32 heavy (non-hydrogen) atoms. The van der Waals surface area contributed by atoms with Gasteiger partial charge in [0.15, 0.2) is 10.2 Å². The van der Waals surface area contributed by atoms with E-state index in [9.17, 15) is 0 Å². The topological polar surface area (TPSA) is 55.3 Å². The normalized spacial score (nSPS) is 11.6. The molecule has 0 saturated carbocycles. The van der Waals surface area contributed by atoms with E-state index in [2.05, 4.69) is 38.5 Å². The Kier molecular flexibility index (Phi) is 10.8. The lowest BCUT2D eigenvalue weighted by atomic mass is 10.00. The first-order valence-electron chi connectivity index (χ1n) is 10.9. The lowest BCUT2D eigenvalue weighted by Crippen LogP contribution is -2.39. The van der Waals surface area contributed by atoms with E-state index in [4.69, 9.17) is 34.6 Å². The standard InChI is InChI=1S/C24H32N6S2/c1-5-29(6-2)23(31)27-25-21(19-15-11-9-12-16-19)22(20-17-13-10-14-18-20)26-28-24(32)30(7-3)8-4/h9-18H,5-8H2,1-4H3,(H,27,31)(H,28,32). The molecule has 0 heterocycles. The Balaban J connectivity index is 2.52. The molecule has 2 rings (SSSR count). The van der Waals surface area contributed by atoms with Crippen LogP contribution in [0.2, 0.25) is 0 Å². The number of hydrazone groups is 2. The zero-order valence-corrected chi connectivity index (χ0v) is 20.8. The van der Waals surface area contributed by atoms with Gasteiger partial charge in [-0.2, -0.15) is 10.2 Å². The fourth-order valence-corrected chi connectivity index (χ4v) is 3.68. The fraction of sp³-hybridized carbons (Fsp3) is 0.333. The highest BCUT2D eigenvalue weighted by Crippen LogP contribution is 2.10. The van der Waals surface area contributed by atoms with E-state index in [1.165, 1.54) is 0 Å². The Labute approximate surface area is 202 Å². The molecule has 2 N–H and O–H groups in total. The molecule has 0 radical (unpaired) electrons. The van der Waals surface area contributed by atoms with Gasteiger partial charge in [-0.25, -0.2) is 0 Å². The minimum atomic E-state index is 0.572. The van der Waals surface area contributed by atoms with Gasteiger partial charge in [-0.05, 0) is 52.1 Å². The van der Waals surface area contributed by atoms with E-state index < -0.39 is 0 Å². The van der Waals surface area contributed by atoms with Gasteiger partial charge in [-0.3, -0.25) is 10.9 Å². The zero-order chi connectivity index (χ0) is 23.3. The van der Waals surface area contributed by atoms with Crippen molar-refractivity contribution in [1.82, 2.24) is 20.7 Å². The minimum Gasteiger partial charge on any atom is -0.348 e. The summed E-state index contributed by atoms with van der Waals surface area (Å²) in [4.78, 5) is 4.07. The molecule has 6 nitrogen and oxygen atoms in total. The van der Waals surface area contributed by atoms with Crippen molar-refractivity contribution in [3.63, 3.8) is 0 Å². The summed E-state index contributed by atoms with van der Waals surface area (Å²) in [5.74, 6) is 0. The summed E-state index contributed by atoms with van der Waals surface area (Å²) in [6.07, 6.45) is 0. The van der Waals surface area contributed by atoms with Crippen LogP contribution >= 0.6 is 24.4 Å². The Morgan fingerprint density at radius 1 is 0.625 bits per heavy atom. The summed E-state index contributed by atoms with van der Waals surface area (Å²) in [7, 11) is 0. The summed E-state index contributed by atoms with van der Waals surface area (Å²) in [6.45, 7) is 11.5. The molecule has 0 unspecified atom stereocenters. The fourth-order valence-electron chi connectivity index (χ4n) is 3.07. The predicted molar refractivity (Wildman–Crippen MR) is 143 cm³/mol.